The van der Waals surface area contributed by atoms with Gasteiger partial charge in [0, 0.05) is 33.1 Å². The maximum Gasteiger partial charge on any atom is 0.338 e. The molecule has 11 heteroatoms. The average Bonchev–Trinajstić information content (AvgIpc) is 3.06. The summed E-state index contributed by atoms with van der Waals surface area (Å²) in [7, 11) is 1.22. The van der Waals surface area contributed by atoms with E-state index >= 15 is 0 Å². The van der Waals surface area contributed by atoms with Crippen LogP contribution in [0.4, 0.5) is 0 Å². The first-order valence-corrected chi connectivity index (χ1v) is 11.7. The molecule has 3 aliphatic rings. The normalized spacial score (nSPS) is 33.4. The highest BCUT2D eigenvalue weighted by molar-refractivity contribution is 5.99. The predicted molar refractivity (Wildman–Crippen MR) is 118 cm³/mol. The van der Waals surface area contributed by atoms with E-state index in [1.165, 1.54) is 7.11 Å². The second-order valence-corrected chi connectivity index (χ2v) is 9.10. The molecule has 2 saturated heterocycles. The van der Waals surface area contributed by atoms with Crippen molar-refractivity contribution in [2.24, 2.45) is 5.92 Å². The molecule has 1 spiro atoms. The molecule has 6 atom stereocenters. The Kier molecular flexibility index (Phi) is 7.14. The Hall–Kier alpha value is -3.31. The van der Waals surface area contributed by atoms with E-state index in [0.717, 1.165) is 13.8 Å². The van der Waals surface area contributed by atoms with Crippen LogP contribution in [0.25, 0.3) is 0 Å². The van der Waals surface area contributed by atoms with Gasteiger partial charge in [-0.25, -0.2) is 4.79 Å². The number of Topliss-reactive ketones (excluding diaryl/α,β-unsaturated/α-hetero) is 1. The number of carbonyl (C=O) groups excluding carboxylic acids is 5. The Balaban J connectivity index is 1.66. The molecule has 1 saturated carbocycles. The van der Waals surface area contributed by atoms with Crippen molar-refractivity contribution in [1.82, 2.24) is 0 Å². The molecule has 194 valence electrons. The number of ketones is 1. The lowest BCUT2D eigenvalue weighted by molar-refractivity contribution is -0.258. The van der Waals surface area contributed by atoms with Gasteiger partial charge in [0.15, 0.2) is 6.10 Å². The van der Waals surface area contributed by atoms with Gasteiger partial charge in [-0.2, -0.15) is 0 Å². The summed E-state index contributed by atoms with van der Waals surface area (Å²) >= 11 is 0. The Labute approximate surface area is 207 Å². The van der Waals surface area contributed by atoms with E-state index in [0.29, 0.717) is 12.0 Å². The molecule has 0 bridgehead atoms. The fourth-order valence-electron chi connectivity index (χ4n) is 5.24. The minimum atomic E-state index is -2.03. The lowest BCUT2D eigenvalue weighted by Gasteiger charge is -2.42. The fourth-order valence-corrected chi connectivity index (χ4v) is 5.24. The predicted octanol–water partition coefficient (Wildman–Crippen LogP) is 1.50. The number of methoxy groups -OCH3 is 1. The smallest absolute Gasteiger partial charge is 0.338 e. The van der Waals surface area contributed by atoms with Crippen LogP contribution in [0.2, 0.25) is 0 Å². The fraction of sp³-hybridized carbons (Fsp3) is 0.560. The van der Waals surface area contributed by atoms with E-state index in [1.807, 2.05) is 0 Å². The van der Waals surface area contributed by atoms with Crippen molar-refractivity contribution in [2.75, 3.05) is 13.7 Å². The maximum absolute atomic E-state index is 14.0. The van der Waals surface area contributed by atoms with Gasteiger partial charge in [0.2, 0.25) is 17.2 Å². The number of esters is 4. The number of rotatable bonds is 5. The van der Waals surface area contributed by atoms with Crippen LogP contribution in [-0.2, 0) is 47.6 Å². The van der Waals surface area contributed by atoms with E-state index in [2.05, 4.69) is 0 Å². The largest absolute Gasteiger partial charge is 0.469 e. The summed E-state index contributed by atoms with van der Waals surface area (Å²) in [5.41, 5.74) is -1.69. The zero-order chi connectivity index (χ0) is 26.1. The summed E-state index contributed by atoms with van der Waals surface area (Å²) in [6, 6.07) is 8.38. The Bertz CT molecular complexity index is 1050. The number of fused-ring (bicyclic) bond motifs is 1. The average molecular weight is 504 g/mol. The number of carbonyl (C=O) groups is 5. The third-order valence-electron chi connectivity index (χ3n) is 6.70. The van der Waals surface area contributed by atoms with Gasteiger partial charge < -0.3 is 28.4 Å². The highest BCUT2D eigenvalue weighted by atomic mass is 16.7. The van der Waals surface area contributed by atoms with Crippen LogP contribution in [0.1, 0.15) is 49.9 Å². The van der Waals surface area contributed by atoms with Gasteiger partial charge >= 0.3 is 23.9 Å². The second-order valence-electron chi connectivity index (χ2n) is 9.10. The molecule has 36 heavy (non-hydrogen) atoms. The Morgan fingerprint density at radius 1 is 1.00 bits per heavy atom. The number of hydrogen-bond donors (Lipinski definition) is 0. The van der Waals surface area contributed by atoms with Crippen LogP contribution in [0.3, 0.4) is 0 Å². The third-order valence-corrected chi connectivity index (χ3v) is 6.70. The minimum absolute atomic E-state index is 0.0139. The molecule has 1 aliphatic carbocycles. The van der Waals surface area contributed by atoms with Gasteiger partial charge in [0.25, 0.3) is 0 Å². The van der Waals surface area contributed by atoms with Crippen molar-refractivity contribution in [2.45, 2.75) is 69.2 Å². The molecular weight excluding hydrogens is 476 g/mol. The summed E-state index contributed by atoms with van der Waals surface area (Å²) in [6.45, 7) is 2.28. The number of ether oxygens (including phenoxy) is 6. The maximum atomic E-state index is 14.0. The third kappa shape index (κ3) is 4.60. The minimum Gasteiger partial charge on any atom is -0.469 e. The topological polar surface area (TPSA) is 141 Å². The zero-order valence-corrected chi connectivity index (χ0v) is 20.2. The van der Waals surface area contributed by atoms with E-state index in [-0.39, 0.29) is 25.9 Å². The molecule has 11 nitrogen and oxygen atoms in total. The van der Waals surface area contributed by atoms with Crippen molar-refractivity contribution in [3.8, 4) is 0 Å². The van der Waals surface area contributed by atoms with Crippen LogP contribution in [-0.4, -0.2) is 73.1 Å². The molecule has 3 fully saturated rings. The van der Waals surface area contributed by atoms with Crippen molar-refractivity contribution in [3.63, 3.8) is 0 Å². The quantitative estimate of drug-likeness (QED) is 0.425. The summed E-state index contributed by atoms with van der Waals surface area (Å²) in [5.74, 6) is -6.16. The molecule has 0 N–H and O–H groups in total. The van der Waals surface area contributed by atoms with Crippen LogP contribution >= 0.6 is 0 Å². The Morgan fingerprint density at radius 3 is 2.36 bits per heavy atom. The molecular formula is C25H28O11. The Morgan fingerprint density at radius 2 is 1.72 bits per heavy atom. The lowest BCUT2D eigenvalue weighted by Crippen LogP contribution is -2.64. The van der Waals surface area contributed by atoms with E-state index < -0.39 is 65.3 Å². The molecule has 2 aliphatic heterocycles. The number of hydrogen-bond acceptors (Lipinski definition) is 11. The van der Waals surface area contributed by atoms with Gasteiger partial charge in [0.05, 0.1) is 25.2 Å². The first-order valence-electron chi connectivity index (χ1n) is 11.7. The first-order chi connectivity index (χ1) is 17.1. The summed E-state index contributed by atoms with van der Waals surface area (Å²) in [5, 5.41) is 0. The van der Waals surface area contributed by atoms with Gasteiger partial charge in [-0.3, -0.25) is 19.2 Å². The molecule has 1 aromatic rings. The highest BCUT2D eigenvalue weighted by Gasteiger charge is 2.74. The molecule has 2 heterocycles. The standard InChI is InChI=1S/C25H28O11/c1-14(26)33-19-11-17(21(28)31-3)12-20-25(19,35-15(2)27)23(30)24(36-20)13-18(9-10-32-24)34-22(29)16-7-5-4-6-8-16/h4-8,17-20H,9-13H2,1-3H3/t17-,18+,19-,20+,24-,25+/m0/s1. The van der Waals surface area contributed by atoms with Gasteiger partial charge in [0.1, 0.15) is 12.2 Å². The molecule has 4 rings (SSSR count). The van der Waals surface area contributed by atoms with E-state index in [4.69, 9.17) is 28.4 Å². The van der Waals surface area contributed by atoms with Crippen LogP contribution < -0.4 is 0 Å². The van der Waals surface area contributed by atoms with Gasteiger partial charge in [-0.1, -0.05) is 18.2 Å². The van der Waals surface area contributed by atoms with Crippen molar-refractivity contribution >= 4 is 29.7 Å². The summed E-state index contributed by atoms with van der Waals surface area (Å²) in [4.78, 5) is 63.1. The lowest BCUT2D eigenvalue weighted by atomic mass is 9.71. The van der Waals surface area contributed by atoms with Crippen LogP contribution in [0, 0.1) is 5.92 Å². The van der Waals surface area contributed by atoms with Crippen molar-refractivity contribution in [3.05, 3.63) is 35.9 Å². The second kappa shape index (κ2) is 9.98. The molecule has 0 unspecified atom stereocenters. The highest BCUT2D eigenvalue weighted by Crippen LogP contribution is 2.51. The van der Waals surface area contributed by atoms with Crippen molar-refractivity contribution < 1.29 is 52.4 Å². The molecule has 0 amide bonds. The van der Waals surface area contributed by atoms with Gasteiger partial charge in [-0.15, -0.1) is 0 Å². The zero-order valence-electron chi connectivity index (χ0n) is 20.2. The molecule has 0 aromatic heterocycles. The molecule has 1 aromatic carbocycles. The van der Waals surface area contributed by atoms with E-state index in [1.54, 1.807) is 30.3 Å². The number of benzene rings is 1. The van der Waals surface area contributed by atoms with Crippen LogP contribution in [0.15, 0.2) is 30.3 Å². The first kappa shape index (κ1) is 25.8. The summed E-state index contributed by atoms with van der Waals surface area (Å²) < 4.78 is 33.4. The van der Waals surface area contributed by atoms with Gasteiger partial charge in [-0.05, 0) is 18.6 Å². The SMILES string of the molecule is COC(=O)[C@H]1C[C@H](OC(C)=O)[C@]2(OC(C)=O)C(=O)[C@]3(C[C@H](OC(=O)c4ccccc4)CCO3)O[C@@H]2C1. The van der Waals surface area contributed by atoms with Crippen LogP contribution in [0.5, 0.6) is 0 Å². The van der Waals surface area contributed by atoms with E-state index in [9.17, 15) is 24.0 Å². The summed E-state index contributed by atoms with van der Waals surface area (Å²) in [6.07, 6.45) is -3.24. The molecule has 0 radical (unpaired) electrons. The van der Waals surface area contributed by atoms with Crippen molar-refractivity contribution in [1.29, 1.82) is 0 Å². The monoisotopic (exact) mass is 504 g/mol.